The lowest BCUT2D eigenvalue weighted by Gasteiger charge is -2.19. The van der Waals surface area contributed by atoms with Crippen LogP contribution < -0.4 is 0 Å². The molecule has 15 heavy (non-hydrogen) atoms. The van der Waals surface area contributed by atoms with Crippen molar-refractivity contribution in [3.05, 3.63) is 0 Å². The van der Waals surface area contributed by atoms with Gasteiger partial charge in [0, 0.05) is 6.54 Å². The van der Waals surface area contributed by atoms with Gasteiger partial charge in [-0.2, -0.15) is 0 Å². The summed E-state index contributed by atoms with van der Waals surface area (Å²) >= 11 is 0. The number of likely N-dealkylation sites (N-methyl/N-ethyl adjacent to an activating group) is 1. The summed E-state index contributed by atoms with van der Waals surface area (Å²) in [5.74, 6) is -0.357. The van der Waals surface area contributed by atoms with Gasteiger partial charge in [0.15, 0.2) is 0 Å². The average molecular weight is 217 g/mol. The summed E-state index contributed by atoms with van der Waals surface area (Å²) in [6.45, 7) is 3.65. The second-order valence-electron chi connectivity index (χ2n) is 3.90. The molecule has 1 N–H and O–H groups in total. The highest BCUT2D eigenvalue weighted by molar-refractivity contribution is 5.69. The van der Waals surface area contributed by atoms with E-state index in [9.17, 15) is 9.90 Å². The van der Waals surface area contributed by atoms with E-state index in [0.29, 0.717) is 6.54 Å². The highest BCUT2D eigenvalue weighted by Crippen LogP contribution is 2.00. The second-order valence-corrected chi connectivity index (χ2v) is 3.90. The van der Waals surface area contributed by atoms with Crippen molar-refractivity contribution in [2.24, 2.45) is 0 Å². The summed E-state index contributed by atoms with van der Waals surface area (Å²) < 4.78 is 4.48. The number of methoxy groups -OCH3 is 1. The van der Waals surface area contributed by atoms with E-state index in [1.165, 1.54) is 20.0 Å². The zero-order valence-corrected chi connectivity index (χ0v) is 10.0. The first-order valence-electron chi connectivity index (χ1n) is 5.53. The molecule has 90 valence electrons. The predicted molar refractivity (Wildman–Crippen MR) is 59.7 cm³/mol. The maximum Gasteiger partial charge on any atom is 0.308 e. The summed E-state index contributed by atoms with van der Waals surface area (Å²) in [4.78, 5) is 12.9. The summed E-state index contributed by atoms with van der Waals surface area (Å²) in [6, 6.07) is 0. The van der Waals surface area contributed by atoms with Crippen molar-refractivity contribution in [1.29, 1.82) is 0 Å². The van der Waals surface area contributed by atoms with Crippen LogP contribution in [0, 0.1) is 0 Å². The molecule has 4 heteroatoms. The van der Waals surface area contributed by atoms with E-state index in [4.69, 9.17) is 0 Å². The Hall–Kier alpha value is -0.610. The van der Waals surface area contributed by atoms with Crippen LogP contribution in [-0.4, -0.2) is 49.3 Å². The Morgan fingerprint density at radius 2 is 2.13 bits per heavy atom. The van der Waals surface area contributed by atoms with E-state index in [0.717, 1.165) is 13.0 Å². The third-order valence-electron chi connectivity index (χ3n) is 2.30. The van der Waals surface area contributed by atoms with Crippen LogP contribution in [0.3, 0.4) is 0 Å². The number of aliphatic hydroxyl groups excluding tert-OH is 1. The lowest BCUT2D eigenvalue weighted by Crippen LogP contribution is -2.31. The molecule has 0 aromatic heterocycles. The van der Waals surface area contributed by atoms with Crippen molar-refractivity contribution in [2.45, 2.75) is 38.7 Å². The van der Waals surface area contributed by atoms with Crippen LogP contribution in [0.1, 0.15) is 32.6 Å². The van der Waals surface area contributed by atoms with Gasteiger partial charge in [-0.25, -0.2) is 0 Å². The summed E-state index contributed by atoms with van der Waals surface area (Å²) in [6.07, 6.45) is 2.99. The third kappa shape index (κ3) is 8.39. The van der Waals surface area contributed by atoms with Gasteiger partial charge in [-0.15, -0.1) is 0 Å². The normalized spacial score (nSPS) is 12.9. The van der Waals surface area contributed by atoms with E-state index in [2.05, 4.69) is 11.7 Å². The molecule has 0 amide bonds. The van der Waals surface area contributed by atoms with Gasteiger partial charge in [-0.3, -0.25) is 4.79 Å². The molecule has 1 atom stereocenters. The molecule has 0 aromatic rings. The fraction of sp³-hybridized carbons (Fsp3) is 0.909. The van der Waals surface area contributed by atoms with E-state index in [1.54, 1.807) is 0 Å². The van der Waals surface area contributed by atoms with E-state index in [1.807, 2.05) is 11.9 Å². The number of carbonyl (C=O) groups is 1. The Morgan fingerprint density at radius 3 is 2.67 bits per heavy atom. The molecule has 0 fully saturated rings. The number of nitrogens with zero attached hydrogens (tertiary/aromatic N) is 1. The van der Waals surface area contributed by atoms with Gasteiger partial charge < -0.3 is 14.7 Å². The Kier molecular flexibility index (Phi) is 8.33. The van der Waals surface area contributed by atoms with Crippen molar-refractivity contribution < 1.29 is 14.6 Å². The Bertz CT molecular complexity index is 173. The molecular weight excluding hydrogens is 194 g/mol. The SMILES string of the molecule is CCCCCN(C)CC(O)CC(=O)OC. The number of carbonyl (C=O) groups excluding carboxylic acids is 1. The fourth-order valence-corrected chi connectivity index (χ4v) is 1.42. The quantitative estimate of drug-likeness (QED) is 0.487. The van der Waals surface area contributed by atoms with Gasteiger partial charge in [-0.05, 0) is 20.0 Å². The van der Waals surface area contributed by atoms with Gasteiger partial charge in [0.25, 0.3) is 0 Å². The molecule has 1 unspecified atom stereocenters. The molecular formula is C11H23NO3. The molecule has 0 saturated carbocycles. The van der Waals surface area contributed by atoms with Crippen LogP contribution in [0.2, 0.25) is 0 Å². The topological polar surface area (TPSA) is 49.8 Å². The van der Waals surface area contributed by atoms with Gasteiger partial charge in [-0.1, -0.05) is 19.8 Å². The van der Waals surface area contributed by atoms with Crippen LogP contribution in [-0.2, 0) is 9.53 Å². The molecule has 0 heterocycles. The minimum absolute atomic E-state index is 0.0780. The number of esters is 1. The highest BCUT2D eigenvalue weighted by atomic mass is 16.5. The number of unbranched alkanes of at least 4 members (excludes halogenated alkanes) is 2. The largest absolute Gasteiger partial charge is 0.469 e. The monoisotopic (exact) mass is 217 g/mol. The molecule has 0 aliphatic carbocycles. The minimum atomic E-state index is -0.621. The summed E-state index contributed by atoms with van der Waals surface area (Å²) in [7, 11) is 3.29. The molecule has 0 aliphatic rings. The van der Waals surface area contributed by atoms with Crippen LogP contribution in [0.5, 0.6) is 0 Å². The first-order chi connectivity index (χ1) is 7.10. The first kappa shape index (κ1) is 14.4. The summed E-state index contributed by atoms with van der Waals surface area (Å²) in [5, 5.41) is 9.54. The number of aliphatic hydroxyl groups is 1. The van der Waals surface area contributed by atoms with Gasteiger partial charge in [0.1, 0.15) is 0 Å². The van der Waals surface area contributed by atoms with Crippen LogP contribution >= 0.6 is 0 Å². The molecule has 0 aromatic carbocycles. The summed E-state index contributed by atoms with van der Waals surface area (Å²) in [5.41, 5.74) is 0. The van der Waals surface area contributed by atoms with Crippen molar-refractivity contribution in [3.8, 4) is 0 Å². The maximum atomic E-state index is 10.9. The number of rotatable bonds is 8. The van der Waals surface area contributed by atoms with E-state index in [-0.39, 0.29) is 12.4 Å². The van der Waals surface area contributed by atoms with Crippen LogP contribution in [0.25, 0.3) is 0 Å². The molecule has 0 bridgehead atoms. The molecule has 0 aliphatic heterocycles. The lowest BCUT2D eigenvalue weighted by molar-refractivity contribution is -0.143. The first-order valence-corrected chi connectivity index (χ1v) is 5.53. The second kappa shape index (κ2) is 8.68. The zero-order chi connectivity index (χ0) is 11.7. The molecule has 4 nitrogen and oxygen atoms in total. The van der Waals surface area contributed by atoms with Crippen molar-refractivity contribution in [3.63, 3.8) is 0 Å². The Balaban J connectivity index is 3.56. The minimum Gasteiger partial charge on any atom is -0.469 e. The average Bonchev–Trinajstić information content (AvgIpc) is 2.17. The molecule has 0 radical (unpaired) electrons. The van der Waals surface area contributed by atoms with Gasteiger partial charge in [0.2, 0.25) is 0 Å². The third-order valence-corrected chi connectivity index (χ3v) is 2.30. The lowest BCUT2D eigenvalue weighted by atomic mass is 10.2. The van der Waals surface area contributed by atoms with Crippen LogP contribution in [0.4, 0.5) is 0 Å². The molecule has 0 rings (SSSR count). The van der Waals surface area contributed by atoms with Crippen molar-refractivity contribution in [2.75, 3.05) is 27.2 Å². The van der Waals surface area contributed by atoms with Gasteiger partial charge in [0.05, 0.1) is 19.6 Å². The predicted octanol–water partition coefficient (Wildman–Crippen LogP) is 1.03. The van der Waals surface area contributed by atoms with E-state index >= 15 is 0 Å². The van der Waals surface area contributed by atoms with Crippen molar-refractivity contribution >= 4 is 5.97 Å². The Morgan fingerprint density at radius 1 is 1.47 bits per heavy atom. The maximum absolute atomic E-state index is 10.9. The standard InChI is InChI=1S/C11H23NO3/c1-4-5-6-7-12(2)9-10(13)8-11(14)15-3/h10,13H,4-9H2,1-3H3. The van der Waals surface area contributed by atoms with Crippen LogP contribution in [0.15, 0.2) is 0 Å². The van der Waals surface area contributed by atoms with E-state index < -0.39 is 6.10 Å². The highest BCUT2D eigenvalue weighted by Gasteiger charge is 2.12. The smallest absolute Gasteiger partial charge is 0.308 e. The number of hydrogen-bond donors (Lipinski definition) is 1. The molecule has 0 saturated heterocycles. The number of ether oxygens (including phenoxy) is 1. The molecule has 0 spiro atoms. The fourth-order valence-electron chi connectivity index (χ4n) is 1.42. The Labute approximate surface area is 92.2 Å². The van der Waals surface area contributed by atoms with Gasteiger partial charge >= 0.3 is 5.97 Å². The number of hydrogen-bond acceptors (Lipinski definition) is 4. The zero-order valence-electron chi connectivity index (χ0n) is 10.0. The van der Waals surface area contributed by atoms with Crippen molar-refractivity contribution in [1.82, 2.24) is 4.90 Å².